The fourth-order valence-electron chi connectivity index (χ4n) is 14.5. The number of aliphatic hydroxyl groups excluding tert-OH is 2. The second kappa shape index (κ2) is 23.7. The Bertz CT molecular complexity index is 2940. The highest BCUT2D eigenvalue weighted by Crippen LogP contribution is 2.56. The van der Waals surface area contributed by atoms with E-state index in [0.717, 1.165) is 0 Å². The van der Waals surface area contributed by atoms with Gasteiger partial charge in [0.05, 0.1) is 77.8 Å². The second-order valence-corrected chi connectivity index (χ2v) is 26.3. The molecule has 5 saturated heterocycles. The molecule has 0 amide bonds. The van der Waals surface area contributed by atoms with Gasteiger partial charge in [-0.25, -0.2) is 0 Å². The number of fused-ring (bicyclic) bond motifs is 8. The van der Waals surface area contributed by atoms with Crippen molar-refractivity contribution in [3.8, 4) is 17.2 Å². The lowest BCUT2D eigenvalue weighted by molar-refractivity contribution is -0.359. The minimum Gasteiger partial charge on any atom is -0.507 e. The normalized spacial score (nSPS) is 42.1. The van der Waals surface area contributed by atoms with E-state index in [9.17, 15) is 39.9 Å². The maximum Gasteiger partial charge on any atom is 0.306 e. The van der Waals surface area contributed by atoms with Crippen molar-refractivity contribution in [3.63, 3.8) is 0 Å². The average molecular weight is 1220 g/mol. The number of carboxylic acids is 1. The first-order chi connectivity index (χ1) is 40.2. The van der Waals surface area contributed by atoms with Gasteiger partial charge < -0.3 is 109 Å². The number of phenolic OH excluding ortho intramolecular Hbond substituents is 2. The number of aliphatic hydroxyl groups is 3. The first-order valence-corrected chi connectivity index (χ1v) is 29.6. The number of rotatable bonds is 15. The van der Waals surface area contributed by atoms with Gasteiger partial charge in [-0.2, -0.15) is 0 Å². The summed E-state index contributed by atoms with van der Waals surface area (Å²) >= 11 is 0. The maximum absolute atomic E-state index is 15.2. The smallest absolute Gasteiger partial charge is 0.306 e. The van der Waals surface area contributed by atoms with E-state index in [1.165, 1.54) is 20.1 Å². The number of ketones is 2. The summed E-state index contributed by atoms with van der Waals surface area (Å²) < 4.78 is 76.2. The van der Waals surface area contributed by atoms with E-state index >= 15 is 4.79 Å². The first kappa shape index (κ1) is 64.4. The third-order valence-corrected chi connectivity index (χ3v) is 18.8. The number of benzene rings is 2. The molecular formula is C60H86N4O22. The number of nitrogens with zero attached hydrogens (tertiary/aromatic N) is 2. The molecule has 26 heteroatoms. The first-order valence-electron chi connectivity index (χ1n) is 29.6. The number of aliphatic carboxylic acids is 1. The number of ether oxygens (including phenoxy) is 12. The van der Waals surface area contributed by atoms with Gasteiger partial charge in [-0.05, 0) is 89.6 Å². The SMILES string of the molecule is CO[C@@H]1C[C@@H](O[C@H]2[C@@H](C)O[C@@H](O[C@H]3[C@@H](C)O[C@@H](O[C@@H]4[C@@H](N(C)C)[C@@H](O)[C@H]5Oc6c(ccc7c6C(=O)c6c(O)c8c(c(O)c6C7=O)[C@@H](O[C@H]6C[C@@H](N(C)C)[C@H](O)[C@@H](C)O6)C[C@](C)(O)C8)[C@]4(C)O5)C[C@]3(C)N)C[C@]2(C)N)O[C@@H](C)[C@H]1OC(=O)CCC(=O)O. The van der Waals surface area contributed by atoms with Crippen molar-refractivity contribution in [2.45, 2.75) is 246 Å². The van der Waals surface area contributed by atoms with Gasteiger partial charge in [-0.15, -0.1) is 0 Å². The molecule has 2 aromatic carbocycles. The number of carbonyl (C=O) groups excluding carboxylic acids is 3. The zero-order valence-electron chi connectivity index (χ0n) is 51.0. The van der Waals surface area contributed by atoms with Crippen molar-refractivity contribution >= 4 is 23.5 Å². The van der Waals surface area contributed by atoms with E-state index in [2.05, 4.69) is 0 Å². The zero-order chi connectivity index (χ0) is 62.8. The van der Waals surface area contributed by atoms with Crippen molar-refractivity contribution in [1.29, 1.82) is 0 Å². The molecular weight excluding hydrogens is 1130 g/mol. The molecule has 6 aliphatic heterocycles. The van der Waals surface area contributed by atoms with Crippen LogP contribution in [0.4, 0.5) is 0 Å². The fraction of sp³-hybridized carbons (Fsp3) is 0.733. The number of nitrogens with two attached hydrogens (primary N) is 2. The number of hydrogen-bond donors (Lipinski definition) is 8. The van der Waals surface area contributed by atoms with Gasteiger partial charge in [0.25, 0.3) is 0 Å². The molecule has 2 aliphatic carbocycles. The lowest BCUT2D eigenvalue weighted by atomic mass is 9.72. The Morgan fingerprint density at radius 1 is 0.698 bits per heavy atom. The van der Waals surface area contributed by atoms with E-state index in [4.69, 9.17) is 73.4 Å². The molecule has 0 saturated carbocycles. The molecule has 0 spiro atoms. The Morgan fingerprint density at radius 3 is 1.85 bits per heavy atom. The average Bonchev–Trinajstić information content (AvgIpc) is 0.766. The summed E-state index contributed by atoms with van der Waals surface area (Å²) in [5.41, 5.74) is 7.95. The standard InChI is InChI=1S/C60H86N4O22/c1-24-45(68)31(63(9)10)18-36(76-24)80-33-21-57(5,74)20-29-40(33)48(71)42-43(47(29)70)49(72)41-28(46(42)69)14-15-30-52(41)85-56-50(73)44(64(11)12)55(60(30,8)86-56)84-39-23-59(7,62)54(27(4)79-39)83-38-22-58(6,61)53(26(3)78-38)82-37-19-32(75-13)51(25(2)77-37)81-35(67)17-16-34(65)66/h14-15,24-27,31-33,36-39,44-45,50-51,53-56,68,70-71,73-74H,16-23,61-62H2,1-13H3,(H,65,66)/t24-,25+,26-,27-,31-,32-,33+,36+,37-,38+,39+,44+,45-,50-,51-,53+,54+,55-,56+,57-,58+,59+,60+/m1/s1. The highest BCUT2D eigenvalue weighted by Gasteiger charge is 2.62. The number of methoxy groups -OCH3 is 1. The van der Waals surface area contributed by atoms with E-state index in [-0.39, 0.29) is 91.0 Å². The summed E-state index contributed by atoms with van der Waals surface area (Å²) in [6.07, 6.45) is -15.4. The fourth-order valence-corrected chi connectivity index (χ4v) is 14.5. The van der Waals surface area contributed by atoms with Crippen LogP contribution in [0, 0.1) is 0 Å². The minimum atomic E-state index is -1.53. The number of likely N-dealkylation sites (N-methyl/N-ethyl adjacent to an activating group) is 2. The van der Waals surface area contributed by atoms with Crippen LogP contribution in [0.1, 0.15) is 155 Å². The second-order valence-electron chi connectivity index (χ2n) is 26.3. The van der Waals surface area contributed by atoms with Gasteiger partial charge in [0.1, 0.15) is 53.4 Å². The Balaban J connectivity index is 0.862. The molecule has 6 heterocycles. The number of phenols is 2. The van der Waals surface area contributed by atoms with Gasteiger partial charge >= 0.3 is 11.9 Å². The van der Waals surface area contributed by atoms with Crippen molar-refractivity contribution in [1.82, 2.24) is 9.80 Å². The molecule has 10 rings (SSSR count). The molecule has 10 N–H and O–H groups in total. The Hall–Kier alpha value is -4.56. The van der Waals surface area contributed by atoms with Crippen molar-refractivity contribution in [2.24, 2.45) is 11.5 Å². The minimum absolute atomic E-state index is 0.00785. The quantitative estimate of drug-likeness (QED) is 0.0798. The van der Waals surface area contributed by atoms with E-state index < -0.39 is 179 Å². The largest absolute Gasteiger partial charge is 0.507 e. The van der Waals surface area contributed by atoms with Crippen molar-refractivity contribution < 1.29 is 107 Å². The van der Waals surface area contributed by atoms with Crippen LogP contribution in [-0.4, -0.2) is 227 Å². The molecule has 478 valence electrons. The van der Waals surface area contributed by atoms with E-state index in [1.54, 1.807) is 66.6 Å². The van der Waals surface area contributed by atoms with Crippen LogP contribution < -0.4 is 16.2 Å². The Labute approximate surface area is 499 Å². The van der Waals surface area contributed by atoms with Gasteiger partial charge in [0, 0.05) is 85.0 Å². The molecule has 0 unspecified atom stereocenters. The number of carboxylic acid groups (broad SMARTS) is 1. The van der Waals surface area contributed by atoms with Gasteiger partial charge in [0.15, 0.2) is 37.0 Å². The summed E-state index contributed by atoms with van der Waals surface area (Å²) in [7, 11) is 8.63. The van der Waals surface area contributed by atoms with Crippen LogP contribution in [0.25, 0.3) is 0 Å². The number of aromatic hydroxyl groups is 2. The molecule has 8 aliphatic rings. The highest BCUT2D eigenvalue weighted by atomic mass is 16.8. The maximum atomic E-state index is 15.2. The molecule has 0 radical (unpaired) electrons. The summed E-state index contributed by atoms with van der Waals surface area (Å²) in [4.78, 5) is 57.2. The third kappa shape index (κ3) is 11.7. The van der Waals surface area contributed by atoms with Gasteiger partial charge in [-0.3, -0.25) is 19.2 Å². The van der Waals surface area contributed by atoms with Crippen LogP contribution in [0.5, 0.6) is 17.2 Å². The highest BCUT2D eigenvalue weighted by molar-refractivity contribution is 6.31. The molecule has 2 aromatic rings. The van der Waals surface area contributed by atoms with Gasteiger partial charge in [0.2, 0.25) is 12.1 Å². The van der Waals surface area contributed by atoms with Crippen LogP contribution in [0.2, 0.25) is 0 Å². The van der Waals surface area contributed by atoms with E-state index in [0.29, 0.717) is 0 Å². The summed E-state index contributed by atoms with van der Waals surface area (Å²) in [6.45, 7) is 13.9. The summed E-state index contributed by atoms with van der Waals surface area (Å²) in [6, 6.07) is 1.81. The molecule has 86 heavy (non-hydrogen) atoms. The Morgan fingerprint density at radius 2 is 1.27 bits per heavy atom. The number of hydrogen-bond acceptors (Lipinski definition) is 25. The predicted molar refractivity (Wildman–Crippen MR) is 299 cm³/mol. The molecule has 23 atom stereocenters. The van der Waals surface area contributed by atoms with Crippen LogP contribution >= 0.6 is 0 Å². The van der Waals surface area contributed by atoms with Crippen LogP contribution in [0.3, 0.4) is 0 Å². The summed E-state index contributed by atoms with van der Waals surface area (Å²) in [5, 5.41) is 68.2. The molecule has 26 nitrogen and oxygen atoms in total. The molecule has 0 aromatic heterocycles. The molecule has 5 fully saturated rings. The van der Waals surface area contributed by atoms with Gasteiger partial charge in [-0.1, -0.05) is 6.07 Å². The lowest BCUT2D eigenvalue weighted by Crippen LogP contribution is -2.70. The van der Waals surface area contributed by atoms with E-state index in [1.807, 2.05) is 25.9 Å². The predicted octanol–water partition coefficient (Wildman–Crippen LogP) is 2.10. The zero-order valence-corrected chi connectivity index (χ0v) is 51.0. The summed E-state index contributed by atoms with van der Waals surface area (Å²) in [5.74, 6) is -4.78. The lowest BCUT2D eigenvalue weighted by Gasteiger charge is -2.56. The van der Waals surface area contributed by atoms with Crippen molar-refractivity contribution in [2.75, 3.05) is 35.3 Å². The van der Waals surface area contributed by atoms with Crippen LogP contribution in [-0.2, 0) is 73.7 Å². The number of carbonyl (C=O) groups is 4. The third-order valence-electron chi connectivity index (χ3n) is 18.8. The monoisotopic (exact) mass is 1210 g/mol. The number of esters is 1. The molecule has 2 bridgehead atoms. The van der Waals surface area contributed by atoms with Crippen molar-refractivity contribution in [3.05, 3.63) is 51.1 Å². The topological polar surface area (TPSA) is 359 Å². The Kier molecular flexibility index (Phi) is 17.7. The van der Waals surface area contributed by atoms with Crippen LogP contribution in [0.15, 0.2) is 12.1 Å².